The van der Waals surface area contributed by atoms with Gasteiger partial charge in [0.15, 0.2) is 0 Å². The largest absolute Gasteiger partial charge is 0.478 e. The van der Waals surface area contributed by atoms with E-state index in [0.29, 0.717) is 12.2 Å². The summed E-state index contributed by atoms with van der Waals surface area (Å²) in [4.78, 5) is 25.0. The number of anilines is 1. The van der Waals surface area contributed by atoms with E-state index in [1.165, 1.54) is 11.0 Å². The average Bonchev–Trinajstić information content (AvgIpc) is 2.46. The van der Waals surface area contributed by atoms with Gasteiger partial charge in [0.25, 0.3) is 0 Å². The van der Waals surface area contributed by atoms with E-state index in [4.69, 9.17) is 5.11 Å². The van der Waals surface area contributed by atoms with Crippen LogP contribution in [0.2, 0.25) is 0 Å². The Kier molecular flexibility index (Phi) is 4.16. The number of hydrogen-bond donors (Lipinski definition) is 2. The monoisotopic (exact) mass is 262 g/mol. The molecule has 0 saturated carbocycles. The Bertz CT molecular complexity index is 481. The van der Waals surface area contributed by atoms with Crippen LogP contribution in [0.25, 0.3) is 0 Å². The Balaban J connectivity index is 2.21. The fourth-order valence-corrected chi connectivity index (χ4v) is 2.40. The normalized spacial score (nSPS) is 18.9. The zero-order chi connectivity index (χ0) is 13.8. The molecule has 5 heteroatoms. The number of carbonyl (C=O) groups is 2. The molecule has 0 radical (unpaired) electrons. The summed E-state index contributed by atoms with van der Waals surface area (Å²) in [7, 11) is 1.64. The fraction of sp³-hybridized carbons (Fsp3) is 0.429. The first kappa shape index (κ1) is 13.5. The van der Waals surface area contributed by atoms with Crippen LogP contribution in [0.1, 0.15) is 23.2 Å². The smallest absolute Gasteiger partial charge is 0.337 e. The molecule has 1 aliphatic rings. The van der Waals surface area contributed by atoms with Gasteiger partial charge in [0.1, 0.15) is 0 Å². The molecular formula is C14H18N2O3. The van der Waals surface area contributed by atoms with Crippen molar-refractivity contribution in [2.75, 3.05) is 25.0 Å². The van der Waals surface area contributed by atoms with E-state index in [2.05, 4.69) is 5.32 Å². The lowest BCUT2D eigenvalue weighted by atomic mass is 9.97. The molecule has 1 aromatic carbocycles. The fourth-order valence-electron chi connectivity index (χ4n) is 2.40. The zero-order valence-corrected chi connectivity index (χ0v) is 10.9. The van der Waals surface area contributed by atoms with E-state index in [-0.39, 0.29) is 17.4 Å². The predicted molar refractivity (Wildman–Crippen MR) is 72.4 cm³/mol. The predicted octanol–water partition coefficient (Wildman–Crippen LogP) is 1.35. The molecule has 1 heterocycles. The molecule has 0 aliphatic carbocycles. The van der Waals surface area contributed by atoms with E-state index in [9.17, 15) is 9.59 Å². The number of benzene rings is 1. The second kappa shape index (κ2) is 5.84. The summed E-state index contributed by atoms with van der Waals surface area (Å²) in [5, 5.41) is 12.4. The van der Waals surface area contributed by atoms with Gasteiger partial charge in [-0.05, 0) is 31.5 Å². The molecular weight excluding hydrogens is 244 g/mol. The summed E-state index contributed by atoms with van der Waals surface area (Å²) in [6.07, 6.45) is 1.83. The minimum atomic E-state index is -1.02. The molecule has 0 aromatic heterocycles. The van der Waals surface area contributed by atoms with Gasteiger partial charge >= 0.3 is 5.97 Å². The maximum Gasteiger partial charge on any atom is 0.337 e. The first-order valence-corrected chi connectivity index (χ1v) is 6.42. The molecule has 1 aromatic rings. The summed E-state index contributed by atoms with van der Waals surface area (Å²) >= 11 is 0. The molecule has 1 atom stereocenters. The van der Waals surface area contributed by atoms with Gasteiger partial charge in [-0.25, -0.2) is 4.79 Å². The summed E-state index contributed by atoms with van der Waals surface area (Å²) in [6.45, 7) is 1.61. The van der Waals surface area contributed by atoms with Crippen LogP contribution in [0.5, 0.6) is 0 Å². The molecule has 0 spiro atoms. The SMILES string of the molecule is CN(C(=O)C1CCCNC1)c1ccccc1C(=O)O. The van der Waals surface area contributed by atoms with Gasteiger partial charge in [-0.2, -0.15) is 0 Å². The number of rotatable bonds is 3. The third-order valence-electron chi connectivity index (χ3n) is 3.47. The number of para-hydroxylation sites is 1. The highest BCUT2D eigenvalue weighted by Crippen LogP contribution is 2.22. The van der Waals surface area contributed by atoms with Crippen molar-refractivity contribution in [3.05, 3.63) is 29.8 Å². The summed E-state index contributed by atoms with van der Waals surface area (Å²) in [5.74, 6) is -1.11. The van der Waals surface area contributed by atoms with Crippen molar-refractivity contribution in [3.8, 4) is 0 Å². The number of aromatic carboxylic acids is 1. The molecule has 2 rings (SSSR count). The van der Waals surface area contributed by atoms with E-state index < -0.39 is 5.97 Å². The molecule has 102 valence electrons. The molecule has 1 fully saturated rings. The van der Waals surface area contributed by atoms with Gasteiger partial charge in [0.2, 0.25) is 5.91 Å². The summed E-state index contributed by atoms with van der Waals surface area (Å²) < 4.78 is 0. The molecule has 2 N–H and O–H groups in total. The van der Waals surface area contributed by atoms with Crippen molar-refractivity contribution in [1.29, 1.82) is 0 Å². The number of carbonyl (C=O) groups excluding carboxylic acids is 1. The molecule has 1 amide bonds. The van der Waals surface area contributed by atoms with E-state index >= 15 is 0 Å². The lowest BCUT2D eigenvalue weighted by Gasteiger charge is -2.27. The van der Waals surface area contributed by atoms with Gasteiger partial charge in [0.05, 0.1) is 17.2 Å². The molecule has 1 aliphatic heterocycles. The quantitative estimate of drug-likeness (QED) is 0.862. The Morgan fingerprint density at radius 3 is 2.74 bits per heavy atom. The Hall–Kier alpha value is -1.88. The van der Waals surface area contributed by atoms with Crippen molar-refractivity contribution in [1.82, 2.24) is 5.32 Å². The summed E-state index contributed by atoms with van der Waals surface area (Å²) in [6, 6.07) is 6.58. The van der Waals surface area contributed by atoms with Crippen molar-refractivity contribution in [3.63, 3.8) is 0 Å². The Morgan fingerprint density at radius 1 is 1.37 bits per heavy atom. The van der Waals surface area contributed by atoms with E-state index in [1.807, 2.05) is 0 Å². The summed E-state index contributed by atoms with van der Waals surface area (Å²) in [5.41, 5.74) is 0.604. The number of amides is 1. The van der Waals surface area contributed by atoms with E-state index in [1.54, 1.807) is 25.2 Å². The third kappa shape index (κ3) is 2.93. The van der Waals surface area contributed by atoms with Crippen LogP contribution in [0.4, 0.5) is 5.69 Å². The molecule has 1 unspecified atom stereocenters. The van der Waals surface area contributed by atoms with Crippen LogP contribution in [-0.4, -0.2) is 37.1 Å². The minimum Gasteiger partial charge on any atom is -0.478 e. The Morgan fingerprint density at radius 2 is 2.11 bits per heavy atom. The van der Waals surface area contributed by atoms with E-state index in [0.717, 1.165) is 19.4 Å². The average molecular weight is 262 g/mol. The van der Waals surface area contributed by atoms with Gasteiger partial charge in [0, 0.05) is 13.6 Å². The maximum absolute atomic E-state index is 12.4. The second-order valence-electron chi connectivity index (χ2n) is 4.76. The van der Waals surface area contributed by atoms with Crippen LogP contribution in [0.15, 0.2) is 24.3 Å². The lowest BCUT2D eigenvalue weighted by molar-refractivity contribution is -0.122. The van der Waals surface area contributed by atoms with Crippen LogP contribution in [0.3, 0.4) is 0 Å². The van der Waals surface area contributed by atoms with Crippen molar-refractivity contribution in [2.45, 2.75) is 12.8 Å². The lowest BCUT2D eigenvalue weighted by Crippen LogP contribution is -2.41. The van der Waals surface area contributed by atoms with Crippen LogP contribution in [0, 0.1) is 5.92 Å². The van der Waals surface area contributed by atoms with Crippen molar-refractivity contribution < 1.29 is 14.7 Å². The Labute approximate surface area is 112 Å². The van der Waals surface area contributed by atoms with Crippen LogP contribution >= 0.6 is 0 Å². The highest BCUT2D eigenvalue weighted by Gasteiger charge is 2.26. The minimum absolute atomic E-state index is 0.0269. The second-order valence-corrected chi connectivity index (χ2v) is 4.76. The highest BCUT2D eigenvalue weighted by atomic mass is 16.4. The molecule has 1 saturated heterocycles. The van der Waals surface area contributed by atoms with Crippen molar-refractivity contribution >= 4 is 17.6 Å². The number of carboxylic acids is 1. The van der Waals surface area contributed by atoms with Gasteiger partial charge < -0.3 is 15.3 Å². The topological polar surface area (TPSA) is 69.6 Å². The van der Waals surface area contributed by atoms with Gasteiger partial charge in [-0.1, -0.05) is 12.1 Å². The molecule has 19 heavy (non-hydrogen) atoms. The first-order valence-electron chi connectivity index (χ1n) is 6.42. The number of nitrogens with zero attached hydrogens (tertiary/aromatic N) is 1. The van der Waals surface area contributed by atoms with Crippen LogP contribution < -0.4 is 10.2 Å². The van der Waals surface area contributed by atoms with Crippen molar-refractivity contribution in [2.24, 2.45) is 5.92 Å². The molecule has 5 nitrogen and oxygen atoms in total. The van der Waals surface area contributed by atoms with Gasteiger partial charge in [-0.15, -0.1) is 0 Å². The van der Waals surface area contributed by atoms with Crippen LogP contribution in [-0.2, 0) is 4.79 Å². The van der Waals surface area contributed by atoms with Gasteiger partial charge in [-0.3, -0.25) is 4.79 Å². The number of nitrogens with one attached hydrogen (secondary N) is 1. The zero-order valence-electron chi connectivity index (χ0n) is 10.9. The first-order chi connectivity index (χ1) is 9.11. The number of carboxylic acid groups (broad SMARTS) is 1. The molecule has 0 bridgehead atoms. The standard InChI is InChI=1S/C14H18N2O3/c1-16(13(17)10-5-4-8-15-9-10)12-7-3-2-6-11(12)14(18)19/h2-3,6-7,10,15H,4-5,8-9H2,1H3,(H,18,19). The number of hydrogen-bond acceptors (Lipinski definition) is 3. The third-order valence-corrected chi connectivity index (χ3v) is 3.47. The highest BCUT2D eigenvalue weighted by molar-refractivity contribution is 6.02. The maximum atomic E-state index is 12.4. The number of piperidine rings is 1.